The van der Waals surface area contributed by atoms with Crippen molar-refractivity contribution in [3.05, 3.63) is 35.4 Å². The molecule has 19 heavy (non-hydrogen) atoms. The van der Waals surface area contributed by atoms with Gasteiger partial charge in [-0.1, -0.05) is 24.3 Å². The van der Waals surface area contributed by atoms with E-state index in [4.69, 9.17) is 5.73 Å². The van der Waals surface area contributed by atoms with Crippen LogP contribution < -0.4 is 11.1 Å². The third-order valence-corrected chi connectivity index (χ3v) is 3.84. The molecule has 0 bridgehead atoms. The Hall–Kier alpha value is -1.55. The van der Waals surface area contributed by atoms with E-state index >= 15 is 0 Å². The summed E-state index contributed by atoms with van der Waals surface area (Å²) in [5, 5.41) is 2.99. The molecule has 1 heterocycles. The number of nitrogens with two attached hydrogens (primary N) is 1. The molecule has 1 unspecified atom stereocenters. The molecule has 4 heteroatoms. The SMILES string of the molecule is Cc1ccccc1CCNC(=O)N1CCC(CN)C1. The van der Waals surface area contributed by atoms with Crippen molar-refractivity contribution in [2.45, 2.75) is 19.8 Å². The Morgan fingerprint density at radius 3 is 2.95 bits per heavy atom. The van der Waals surface area contributed by atoms with Gasteiger partial charge in [-0.2, -0.15) is 0 Å². The average molecular weight is 261 g/mol. The molecular weight excluding hydrogens is 238 g/mol. The summed E-state index contributed by atoms with van der Waals surface area (Å²) in [6.07, 6.45) is 1.91. The molecule has 2 rings (SSSR count). The van der Waals surface area contributed by atoms with E-state index in [1.807, 2.05) is 17.0 Å². The number of hydrogen-bond donors (Lipinski definition) is 2. The first-order valence-corrected chi connectivity index (χ1v) is 6.98. The molecule has 0 radical (unpaired) electrons. The number of rotatable bonds is 4. The number of urea groups is 1. The molecule has 1 aliphatic heterocycles. The summed E-state index contributed by atoms with van der Waals surface area (Å²) in [4.78, 5) is 13.8. The Balaban J connectivity index is 1.74. The molecule has 0 spiro atoms. The van der Waals surface area contributed by atoms with Gasteiger partial charge in [-0.3, -0.25) is 0 Å². The van der Waals surface area contributed by atoms with Crippen LogP contribution in [0.25, 0.3) is 0 Å². The Bertz CT molecular complexity index is 433. The topological polar surface area (TPSA) is 58.4 Å². The van der Waals surface area contributed by atoms with Gasteiger partial charge >= 0.3 is 6.03 Å². The van der Waals surface area contributed by atoms with E-state index in [2.05, 4.69) is 24.4 Å². The minimum Gasteiger partial charge on any atom is -0.338 e. The summed E-state index contributed by atoms with van der Waals surface area (Å²) in [6.45, 7) is 5.09. The number of likely N-dealkylation sites (tertiary alicyclic amines) is 1. The van der Waals surface area contributed by atoms with Crippen LogP contribution in [-0.2, 0) is 6.42 Å². The van der Waals surface area contributed by atoms with Gasteiger partial charge in [0, 0.05) is 19.6 Å². The summed E-state index contributed by atoms with van der Waals surface area (Å²) in [7, 11) is 0. The van der Waals surface area contributed by atoms with E-state index < -0.39 is 0 Å². The highest BCUT2D eigenvalue weighted by Crippen LogP contribution is 2.14. The van der Waals surface area contributed by atoms with E-state index in [0.717, 1.165) is 25.9 Å². The van der Waals surface area contributed by atoms with Crippen molar-refractivity contribution in [1.82, 2.24) is 10.2 Å². The van der Waals surface area contributed by atoms with E-state index in [1.54, 1.807) is 0 Å². The molecule has 1 aromatic carbocycles. The van der Waals surface area contributed by atoms with E-state index in [9.17, 15) is 4.79 Å². The summed E-state index contributed by atoms with van der Waals surface area (Å²) in [6, 6.07) is 8.33. The Labute approximate surface area is 115 Å². The van der Waals surface area contributed by atoms with Crippen molar-refractivity contribution in [1.29, 1.82) is 0 Å². The van der Waals surface area contributed by atoms with E-state index in [-0.39, 0.29) is 6.03 Å². The molecule has 1 aliphatic rings. The quantitative estimate of drug-likeness (QED) is 0.863. The molecule has 2 amide bonds. The number of hydrogen-bond acceptors (Lipinski definition) is 2. The first-order valence-electron chi connectivity index (χ1n) is 6.98. The molecule has 104 valence electrons. The smallest absolute Gasteiger partial charge is 0.317 e. The Morgan fingerprint density at radius 1 is 1.47 bits per heavy atom. The van der Waals surface area contributed by atoms with Crippen LogP contribution in [0.15, 0.2) is 24.3 Å². The van der Waals surface area contributed by atoms with Crippen LogP contribution in [0.5, 0.6) is 0 Å². The predicted octanol–water partition coefficient (Wildman–Crippen LogP) is 1.53. The van der Waals surface area contributed by atoms with Gasteiger partial charge in [-0.15, -0.1) is 0 Å². The molecule has 0 aliphatic carbocycles. The molecule has 3 N–H and O–H groups in total. The molecule has 1 saturated heterocycles. The highest BCUT2D eigenvalue weighted by atomic mass is 16.2. The first-order chi connectivity index (χ1) is 9.20. The Kier molecular flexibility index (Phi) is 4.80. The number of benzene rings is 1. The predicted molar refractivity (Wildman–Crippen MR) is 77.0 cm³/mol. The average Bonchev–Trinajstić information content (AvgIpc) is 2.90. The van der Waals surface area contributed by atoms with E-state index in [1.165, 1.54) is 11.1 Å². The van der Waals surface area contributed by atoms with Gasteiger partial charge < -0.3 is 16.0 Å². The number of nitrogens with one attached hydrogen (secondary N) is 1. The maximum atomic E-state index is 12.0. The summed E-state index contributed by atoms with van der Waals surface area (Å²) >= 11 is 0. The second kappa shape index (κ2) is 6.57. The van der Waals surface area contributed by atoms with E-state index in [0.29, 0.717) is 19.0 Å². The van der Waals surface area contributed by atoms with Crippen LogP contribution in [-0.4, -0.2) is 37.1 Å². The van der Waals surface area contributed by atoms with Crippen molar-refractivity contribution in [2.75, 3.05) is 26.2 Å². The normalized spacial score (nSPS) is 18.6. The van der Waals surface area contributed by atoms with Gasteiger partial charge in [-0.05, 0) is 43.4 Å². The van der Waals surface area contributed by atoms with Gasteiger partial charge in [0.2, 0.25) is 0 Å². The van der Waals surface area contributed by atoms with Crippen LogP contribution in [0.2, 0.25) is 0 Å². The third-order valence-electron chi connectivity index (χ3n) is 3.84. The zero-order valence-electron chi connectivity index (χ0n) is 11.6. The van der Waals surface area contributed by atoms with Crippen molar-refractivity contribution in [3.8, 4) is 0 Å². The van der Waals surface area contributed by atoms with Crippen molar-refractivity contribution in [2.24, 2.45) is 11.7 Å². The number of carbonyl (C=O) groups excluding carboxylic acids is 1. The van der Waals surface area contributed by atoms with Crippen LogP contribution in [0, 0.1) is 12.8 Å². The fourth-order valence-corrected chi connectivity index (χ4v) is 2.52. The molecule has 0 saturated carbocycles. The second-order valence-electron chi connectivity index (χ2n) is 5.24. The van der Waals surface area contributed by atoms with Crippen LogP contribution in [0.1, 0.15) is 17.5 Å². The molecule has 4 nitrogen and oxygen atoms in total. The molecular formula is C15H23N3O. The summed E-state index contributed by atoms with van der Waals surface area (Å²) in [5.74, 6) is 0.474. The lowest BCUT2D eigenvalue weighted by Gasteiger charge is -2.17. The minimum absolute atomic E-state index is 0.0459. The largest absolute Gasteiger partial charge is 0.338 e. The fraction of sp³-hybridized carbons (Fsp3) is 0.533. The van der Waals surface area contributed by atoms with Gasteiger partial charge in [-0.25, -0.2) is 4.79 Å². The molecule has 0 aromatic heterocycles. The lowest BCUT2D eigenvalue weighted by Crippen LogP contribution is -2.39. The van der Waals surface area contributed by atoms with Crippen LogP contribution >= 0.6 is 0 Å². The maximum absolute atomic E-state index is 12.0. The highest BCUT2D eigenvalue weighted by molar-refractivity contribution is 5.74. The Morgan fingerprint density at radius 2 is 2.26 bits per heavy atom. The number of nitrogens with zero attached hydrogens (tertiary/aromatic N) is 1. The summed E-state index contributed by atoms with van der Waals surface area (Å²) < 4.78 is 0. The second-order valence-corrected chi connectivity index (χ2v) is 5.24. The van der Waals surface area contributed by atoms with Crippen molar-refractivity contribution >= 4 is 6.03 Å². The van der Waals surface area contributed by atoms with Gasteiger partial charge in [0.25, 0.3) is 0 Å². The lowest BCUT2D eigenvalue weighted by atomic mass is 10.1. The monoisotopic (exact) mass is 261 g/mol. The highest BCUT2D eigenvalue weighted by Gasteiger charge is 2.24. The number of aryl methyl sites for hydroxylation is 1. The van der Waals surface area contributed by atoms with Gasteiger partial charge in [0.05, 0.1) is 0 Å². The minimum atomic E-state index is 0.0459. The maximum Gasteiger partial charge on any atom is 0.317 e. The molecule has 1 aromatic rings. The number of carbonyl (C=O) groups is 1. The molecule has 1 fully saturated rings. The van der Waals surface area contributed by atoms with Gasteiger partial charge in [0.15, 0.2) is 0 Å². The summed E-state index contributed by atoms with van der Waals surface area (Å²) in [5.41, 5.74) is 8.20. The third kappa shape index (κ3) is 3.70. The zero-order chi connectivity index (χ0) is 13.7. The van der Waals surface area contributed by atoms with Gasteiger partial charge in [0.1, 0.15) is 0 Å². The van der Waals surface area contributed by atoms with Crippen LogP contribution in [0.3, 0.4) is 0 Å². The first kappa shape index (κ1) is 13.9. The molecule has 1 atom stereocenters. The standard InChI is InChI=1S/C15H23N3O/c1-12-4-2-3-5-14(12)6-8-17-15(19)18-9-7-13(10-16)11-18/h2-5,13H,6-11,16H2,1H3,(H,17,19). The van der Waals surface area contributed by atoms with Crippen molar-refractivity contribution < 1.29 is 4.79 Å². The fourth-order valence-electron chi connectivity index (χ4n) is 2.52. The lowest BCUT2D eigenvalue weighted by molar-refractivity contribution is 0.207. The van der Waals surface area contributed by atoms with Crippen LogP contribution in [0.4, 0.5) is 4.79 Å². The number of amides is 2. The zero-order valence-corrected chi connectivity index (χ0v) is 11.6. The van der Waals surface area contributed by atoms with Crippen molar-refractivity contribution in [3.63, 3.8) is 0 Å².